The first-order chi connectivity index (χ1) is 33.6. The van der Waals surface area contributed by atoms with Crippen molar-refractivity contribution in [2.75, 3.05) is 6.61 Å². The van der Waals surface area contributed by atoms with Crippen molar-refractivity contribution < 1.29 is 47.6 Å². The Kier molecular flexibility index (Phi) is 18.8. The van der Waals surface area contributed by atoms with E-state index in [0.29, 0.717) is 22.6 Å². The van der Waals surface area contributed by atoms with Gasteiger partial charge in [0.05, 0.1) is 6.61 Å². The van der Waals surface area contributed by atoms with E-state index in [9.17, 15) is 19.2 Å². The number of rotatable bonds is 22. The van der Waals surface area contributed by atoms with Crippen molar-refractivity contribution in [1.29, 1.82) is 0 Å². The van der Waals surface area contributed by atoms with Crippen LogP contribution in [0, 0.1) is 0 Å². The molecule has 0 bridgehead atoms. The van der Waals surface area contributed by atoms with Crippen LogP contribution in [0.25, 0.3) is 11.1 Å². The second-order valence-electron chi connectivity index (χ2n) is 19.1. The van der Waals surface area contributed by atoms with Gasteiger partial charge in [0.25, 0.3) is 0 Å². The SMILES string of the molecule is CC(C)(C)OC(=O)NC(Cc1cc(-c2ccc(OCc3ccccc3)c(CC(NC(=O)OCc3ccccc3)C(=O)OCC[Si](C)(C)C)c2)ccc1OCc1ccccc1)C(=O)OCc1ccccc1. The maximum Gasteiger partial charge on any atom is 0.408 e. The van der Waals surface area contributed by atoms with Crippen LogP contribution in [-0.4, -0.2) is 56.5 Å². The van der Waals surface area contributed by atoms with Gasteiger partial charge in [-0.25, -0.2) is 19.2 Å². The summed E-state index contributed by atoms with van der Waals surface area (Å²) in [6.07, 6.45) is -1.56. The summed E-state index contributed by atoms with van der Waals surface area (Å²) in [5.41, 5.74) is 5.31. The number of carbonyl (C=O) groups is 4. The Bertz CT molecular complexity index is 2620. The minimum Gasteiger partial charge on any atom is -0.489 e. The average Bonchev–Trinajstić information content (AvgIpc) is 3.34. The van der Waals surface area contributed by atoms with Crippen LogP contribution < -0.4 is 20.1 Å². The van der Waals surface area contributed by atoms with Gasteiger partial charge in [-0.05, 0) is 95.6 Å². The largest absolute Gasteiger partial charge is 0.489 e. The highest BCUT2D eigenvalue weighted by Gasteiger charge is 2.29. The van der Waals surface area contributed by atoms with E-state index < -0.39 is 49.9 Å². The summed E-state index contributed by atoms with van der Waals surface area (Å²) in [6, 6.07) is 47.7. The first-order valence-corrected chi connectivity index (χ1v) is 27.2. The highest BCUT2D eigenvalue weighted by atomic mass is 28.3. The van der Waals surface area contributed by atoms with Crippen LogP contribution in [-0.2, 0) is 67.8 Å². The number of hydrogen-bond acceptors (Lipinski definition) is 10. The lowest BCUT2D eigenvalue weighted by molar-refractivity contribution is -0.147. The second kappa shape index (κ2) is 25.3. The minimum absolute atomic E-state index is 0.00248. The molecule has 0 heterocycles. The van der Waals surface area contributed by atoms with E-state index in [1.54, 1.807) is 20.8 Å². The van der Waals surface area contributed by atoms with Gasteiger partial charge in [0.1, 0.15) is 55.6 Å². The molecule has 2 unspecified atom stereocenters. The van der Waals surface area contributed by atoms with Crippen molar-refractivity contribution in [2.24, 2.45) is 0 Å². The standard InChI is InChI=1S/C57H64N2O10Si/c1-57(2,3)69-56(63)59-50(54(61)67-39-43-23-15-9-16-24-43)36-48-34-46(28-30-52(48)66-38-42-21-13-8-14-22-42)45-27-29-51(65-37-41-19-11-7-12-20-41)47(33-45)35-49(53(60)64-31-32-70(4,5)6)58-55(62)68-40-44-25-17-10-18-26-44/h7-30,33-34,49-50H,31-32,35-40H2,1-6H3,(H,58,62)(H,59,63). The molecule has 0 aromatic heterocycles. The fourth-order valence-electron chi connectivity index (χ4n) is 7.16. The van der Waals surface area contributed by atoms with Crippen LogP contribution in [0.5, 0.6) is 11.5 Å². The summed E-state index contributed by atoms with van der Waals surface area (Å²) in [5, 5.41) is 5.54. The van der Waals surface area contributed by atoms with E-state index in [1.807, 2.05) is 158 Å². The molecule has 366 valence electrons. The lowest BCUT2D eigenvalue weighted by atomic mass is 9.95. The Labute approximate surface area is 412 Å². The van der Waals surface area contributed by atoms with Gasteiger partial charge in [-0.2, -0.15) is 0 Å². The molecule has 12 nitrogen and oxygen atoms in total. The molecule has 70 heavy (non-hydrogen) atoms. The monoisotopic (exact) mass is 964 g/mol. The van der Waals surface area contributed by atoms with Gasteiger partial charge in [0, 0.05) is 20.9 Å². The third kappa shape index (κ3) is 17.6. The predicted octanol–water partition coefficient (Wildman–Crippen LogP) is 11.4. The second-order valence-corrected chi connectivity index (χ2v) is 24.8. The summed E-state index contributed by atoms with van der Waals surface area (Å²) < 4.78 is 35.7. The Hall–Kier alpha value is -7.38. The van der Waals surface area contributed by atoms with Crippen molar-refractivity contribution in [3.05, 3.63) is 191 Å². The molecule has 0 saturated heterocycles. The molecule has 0 aliphatic carbocycles. The highest BCUT2D eigenvalue weighted by molar-refractivity contribution is 6.76. The molecule has 13 heteroatoms. The fraction of sp³-hybridized carbons (Fsp3) is 0.298. The Morgan fingerprint density at radius 1 is 0.486 bits per heavy atom. The first-order valence-electron chi connectivity index (χ1n) is 23.5. The maximum absolute atomic E-state index is 14.0. The summed E-state index contributed by atoms with van der Waals surface area (Å²) in [4.78, 5) is 54.6. The molecule has 2 atom stereocenters. The van der Waals surface area contributed by atoms with Crippen LogP contribution in [0.2, 0.25) is 25.7 Å². The molecule has 0 aliphatic rings. The van der Waals surface area contributed by atoms with Gasteiger partial charge in [-0.15, -0.1) is 0 Å². The normalized spacial score (nSPS) is 12.1. The van der Waals surface area contributed by atoms with Gasteiger partial charge in [-0.3, -0.25) is 0 Å². The lowest BCUT2D eigenvalue weighted by Crippen LogP contribution is -2.45. The molecule has 0 saturated carbocycles. The molecule has 0 radical (unpaired) electrons. The molecule has 0 spiro atoms. The Morgan fingerprint density at radius 3 is 1.29 bits per heavy atom. The Morgan fingerprint density at radius 2 is 0.871 bits per heavy atom. The fourth-order valence-corrected chi connectivity index (χ4v) is 7.87. The number of esters is 2. The van der Waals surface area contributed by atoms with Crippen molar-refractivity contribution in [3.8, 4) is 22.6 Å². The van der Waals surface area contributed by atoms with Gasteiger partial charge < -0.3 is 39.1 Å². The molecule has 0 aliphatic heterocycles. The molecular formula is C57H64N2O10Si. The van der Waals surface area contributed by atoms with Crippen LogP contribution in [0.15, 0.2) is 158 Å². The van der Waals surface area contributed by atoms with E-state index in [1.165, 1.54) is 0 Å². The summed E-state index contributed by atoms with van der Waals surface area (Å²) in [7, 11) is -1.57. The van der Waals surface area contributed by atoms with Gasteiger partial charge >= 0.3 is 24.1 Å². The number of hydrogen-bond donors (Lipinski definition) is 2. The molecule has 6 rings (SSSR count). The lowest BCUT2D eigenvalue weighted by Gasteiger charge is -2.24. The van der Waals surface area contributed by atoms with Gasteiger partial charge in [-0.1, -0.05) is 153 Å². The van der Waals surface area contributed by atoms with Crippen molar-refractivity contribution in [1.82, 2.24) is 10.6 Å². The van der Waals surface area contributed by atoms with Gasteiger partial charge in [0.15, 0.2) is 0 Å². The van der Waals surface area contributed by atoms with Crippen LogP contribution in [0.3, 0.4) is 0 Å². The van der Waals surface area contributed by atoms with Crippen molar-refractivity contribution in [2.45, 2.75) is 103 Å². The number of carbonyl (C=O) groups excluding carboxylic acids is 4. The number of ether oxygens (including phenoxy) is 6. The van der Waals surface area contributed by atoms with E-state index in [4.69, 9.17) is 28.4 Å². The topological polar surface area (TPSA) is 148 Å². The smallest absolute Gasteiger partial charge is 0.408 e. The number of alkyl carbamates (subject to hydrolysis) is 2. The van der Waals surface area contributed by atoms with E-state index in [2.05, 4.69) is 30.3 Å². The van der Waals surface area contributed by atoms with Crippen LogP contribution >= 0.6 is 0 Å². The van der Waals surface area contributed by atoms with Crippen molar-refractivity contribution >= 4 is 32.2 Å². The minimum atomic E-state index is -1.57. The van der Waals surface area contributed by atoms with Gasteiger partial charge in [0.2, 0.25) is 0 Å². The number of benzene rings is 6. The number of amides is 2. The average molecular weight is 965 g/mol. The third-order valence-electron chi connectivity index (χ3n) is 10.9. The molecule has 6 aromatic rings. The zero-order chi connectivity index (χ0) is 49.9. The molecule has 0 fully saturated rings. The van der Waals surface area contributed by atoms with Crippen molar-refractivity contribution in [3.63, 3.8) is 0 Å². The third-order valence-corrected chi connectivity index (χ3v) is 12.6. The zero-order valence-electron chi connectivity index (χ0n) is 40.9. The number of nitrogens with one attached hydrogen (secondary N) is 2. The molecule has 2 amide bonds. The summed E-state index contributed by atoms with van der Waals surface area (Å²) >= 11 is 0. The van der Waals surface area contributed by atoms with Crippen LogP contribution in [0.4, 0.5) is 9.59 Å². The van der Waals surface area contributed by atoms with E-state index in [-0.39, 0.29) is 45.9 Å². The first kappa shape index (κ1) is 52.0. The molecular weight excluding hydrogens is 901 g/mol. The maximum atomic E-state index is 14.0. The highest BCUT2D eigenvalue weighted by Crippen LogP contribution is 2.33. The van der Waals surface area contributed by atoms with E-state index in [0.717, 1.165) is 39.4 Å². The molecule has 2 N–H and O–H groups in total. The van der Waals surface area contributed by atoms with E-state index >= 15 is 0 Å². The summed E-state index contributed by atoms with van der Waals surface area (Å²) in [6.45, 7) is 12.5. The quantitative estimate of drug-likeness (QED) is 0.0383. The molecule has 6 aromatic carbocycles. The van der Waals surface area contributed by atoms with Crippen LogP contribution in [0.1, 0.15) is 54.2 Å². The summed E-state index contributed by atoms with van der Waals surface area (Å²) in [5.74, 6) is -0.271. The zero-order valence-corrected chi connectivity index (χ0v) is 41.9. The predicted molar refractivity (Wildman–Crippen MR) is 273 cm³/mol. The Balaban J connectivity index is 1.36.